The van der Waals surface area contributed by atoms with Crippen LogP contribution in [0.3, 0.4) is 0 Å². The lowest BCUT2D eigenvalue weighted by Crippen LogP contribution is -2.39. The molecule has 0 saturated carbocycles. The summed E-state index contributed by atoms with van der Waals surface area (Å²) in [6.07, 6.45) is 1.22. The number of carbonyl (C=O) groups is 1. The molecule has 0 bridgehead atoms. The third-order valence-corrected chi connectivity index (χ3v) is 3.61. The molecule has 0 aliphatic carbocycles. The van der Waals surface area contributed by atoms with Crippen LogP contribution >= 0.6 is 23.2 Å². The summed E-state index contributed by atoms with van der Waals surface area (Å²) >= 11 is 11.6. The van der Waals surface area contributed by atoms with Crippen LogP contribution in [-0.4, -0.2) is 14.9 Å². The van der Waals surface area contributed by atoms with Crippen molar-refractivity contribution < 1.29 is 4.79 Å². The monoisotopic (exact) mass is 312 g/mol. The van der Waals surface area contributed by atoms with Gasteiger partial charge in [-0.25, -0.2) is 4.79 Å². The van der Waals surface area contributed by atoms with Crippen molar-refractivity contribution in [2.24, 2.45) is 14.1 Å². The van der Waals surface area contributed by atoms with Crippen LogP contribution in [0.4, 0.5) is 0 Å². The molecule has 0 spiro atoms. The summed E-state index contributed by atoms with van der Waals surface area (Å²) in [7, 11) is 2.78. The number of nitrogens with zero attached hydrogens (tertiary/aromatic N) is 2. The quantitative estimate of drug-likeness (QED) is 0.792. The summed E-state index contributed by atoms with van der Waals surface area (Å²) in [5.41, 5.74) is -1.02. The second kappa shape index (κ2) is 5.26. The number of halogens is 2. The minimum absolute atomic E-state index is 0.104. The molecule has 5 nitrogen and oxygen atoms in total. The SMILES string of the molecule is Cn1cc(C(=O)c2ccc(Cl)c(Cl)c2)c(=O)n(C)c1=O. The summed E-state index contributed by atoms with van der Waals surface area (Å²) in [5, 5.41) is 0.538. The number of carbonyl (C=O) groups excluding carboxylic acids is 1. The lowest BCUT2D eigenvalue weighted by atomic mass is 10.1. The van der Waals surface area contributed by atoms with Crippen LogP contribution in [0.2, 0.25) is 10.0 Å². The maximum Gasteiger partial charge on any atom is 0.330 e. The van der Waals surface area contributed by atoms with Crippen LogP contribution < -0.4 is 11.2 Å². The van der Waals surface area contributed by atoms with Crippen LogP contribution in [0.1, 0.15) is 15.9 Å². The van der Waals surface area contributed by atoms with Gasteiger partial charge >= 0.3 is 5.69 Å². The molecule has 0 unspecified atom stereocenters. The van der Waals surface area contributed by atoms with E-state index < -0.39 is 17.0 Å². The number of aryl methyl sites for hydroxylation is 1. The normalized spacial score (nSPS) is 10.6. The summed E-state index contributed by atoms with van der Waals surface area (Å²) in [4.78, 5) is 35.9. The topological polar surface area (TPSA) is 61.1 Å². The first-order valence-corrected chi connectivity index (χ1v) is 6.35. The molecule has 20 heavy (non-hydrogen) atoms. The molecule has 0 saturated heterocycles. The van der Waals surface area contributed by atoms with Crippen LogP contribution in [0.25, 0.3) is 0 Å². The van der Waals surface area contributed by atoms with Crippen molar-refractivity contribution in [1.29, 1.82) is 0 Å². The van der Waals surface area contributed by atoms with Crippen LogP contribution in [0.15, 0.2) is 34.0 Å². The van der Waals surface area contributed by atoms with Gasteiger partial charge in [0.05, 0.1) is 10.0 Å². The number of rotatable bonds is 2. The van der Waals surface area contributed by atoms with Crippen LogP contribution in [-0.2, 0) is 14.1 Å². The standard InChI is InChI=1S/C13H10Cl2N2O3/c1-16-6-8(12(19)17(2)13(16)20)11(18)7-3-4-9(14)10(15)5-7/h3-6H,1-2H3. The molecule has 1 heterocycles. The number of ketones is 1. The summed E-state index contributed by atoms with van der Waals surface area (Å²) < 4.78 is 2.05. The zero-order valence-electron chi connectivity index (χ0n) is 10.7. The second-order valence-corrected chi connectivity index (χ2v) is 5.07. The highest BCUT2D eigenvalue weighted by Crippen LogP contribution is 2.23. The lowest BCUT2D eigenvalue weighted by Gasteiger charge is -2.06. The number of benzene rings is 1. The summed E-state index contributed by atoms with van der Waals surface area (Å²) in [6.45, 7) is 0. The van der Waals surface area contributed by atoms with E-state index in [0.717, 1.165) is 4.57 Å². The van der Waals surface area contributed by atoms with Gasteiger partial charge in [-0.15, -0.1) is 0 Å². The largest absolute Gasteiger partial charge is 0.330 e. The first-order chi connectivity index (χ1) is 9.32. The maximum atomic E-state index is 12.3. The van der Waals surface area contributed by atoms with E-state index in [-0.39, 0.29) is 16.1 Å². The smallest absolute Gasteiger partial charge is 0.303 e. The van der Waals surface area contributed by atoms with Gasteiger partial charge in [0.15, 0.2) is 5.78 Å². The average Bonchev–Trinajstić information content (AvgIpc) is 2.43. The van der Waals surface area contributed by atoms with Gasteiger partial charge in [0.25, 0.3) is 5.56 Å². The Labute approximate surface area is 124 Å². The fraction of sp³-hybridized carbons (Fsp3) is 0.154. The van der Waals surface area contributed by atoms with E-state index in [0.29, 0.717) is 5.02 Å². The Morgan fingerprint density at radius 1 is 1.10 bits per heavy atom. The number of hydrogen-bond donors (Lipinski definition) is 0. The van der Waals surface area contributed by atoms with E-state index in [1.807, 2.05) is 0 Å². The molecule has 104 valence electrons. The molecular formula is C13H10Cl2N2O3. The molecule has 0 atom stereocenters. The second-order valence-electron chi connectivity index (χ2n) is 4.26. The molecule has 0 aliphatic rings. The van der Waals surface area contributed by atoms with E-state index in [1.165, 1.54) is 43.1 Å². The van der Waals surface area contributed by atoms with E-state index in [1.54, 1.807) is 0 Å². The fourth-order valence-electron chi connectivity index (χ4n) is 1.76. The molecule has 7 heteroatoms. The predicted octanol–water partition coefficient (Wildman–Crippen LogP) is 1.62. The molecule has 2 rings (SSSR count). The van der Waals surface area contributed by atoms with Crippen molar-refractivity contribution >= 4 is 29.0 Å². The zero-order valence-corrected chi connectivity index (χ0v) is 12.2. The first-order valence-electron chi connectivity index (χ1n) is 5.59. The third kappa shape index (κ3) is 2.42. The van der Waals surface area contributed by atoms with Crippen molar-refractivity contribution in [1.82, 2.24) is 9.13 Å². The highest BCUT2D eigenvalue weighted by Gasteiger charge is 2.17. The van der Waals surface area contributed by atoms with Gasteiger partial charge in [-0.05, 0) is 18.2 Å². The third-order valence-electron chi connectivity index (χ3n) is 2.87. The highest BCUT2D eigenvalue weighted by molar-refractivity contribution is 6.42. The van der Waals surface area contributed by atoms with Gasteiger partial charge in [0.1, 0.15) is 5.56 Å². The molecule has 0 aliphatic heterocycles. The Morgan fingerprint density at radius 3 is 2.35 bits per heavy atom. The minimum Gasteiger partial charge on any atom is -0.303 e. The molecule has 0 amide bonds. The Hall–Kier alpha value is -1.85. The maximum absolute atomic E-state index is 12.3. The van der Waals surface area contributed by atoms with E-state index in [9.17, 15) is 14.4 Å². The van der Waals surface area contributed by atoms with Gasteiger partial charge in [0, 0.05) is 25.9 Å². The van der Waals surface area contributed by atoms with Crippen LogP contribution in [0.5, 0.6) is 0 Å². The highest BCUT2D eigenvalue weighted by atomic mass is 35.5. The van der Waals surface area contributed by atoms with Crippen molar-refractivity contribution in [2.75, 3.05) is 0 Å². The molecule has 1 aromatic carbocycles. The molecule has 1 aromatic heterocycles. The summed E-state index contributed by atoms with van der Waals surface area (Å²) in [5.74, 6) is -0.514. The van der Waals surface area contributed by atoms with Gasteiger partial charge in [-0.1, -0.05) is 23.2 Å². The van der Waals surface area contributed by atoms with Crippen LogP contribution in [0, 0.1) is 0 Å². The molecule has 2 aromatic rings. The molecular weight excluding hydrogens is 303 g/mol. The number of hydrogen-bond acceptors (Lipinski definition) is 3. The molecule has 0 fully saturated rings. The van der Waals surface area contributed by atoms with Crippen molar-refractivity contribution in [3.05, 3.63) is 66.4 Å². The predicted molar refractivity (Wildman–Crippen MR) is 76.8 cm³/mol. The minimum atomic E-state index is -0.649. The van der Waals surface area contributed by atoms with Gasteiger partial charge in [-0.3, -0.25) is 14.2 Å². The fourth-order valence-corrected chi connectivity index (χ4v) is 2.05. The van der Waals surface area contributed by atoms with Gasteiger partial charge in [-0.2, -0.15) is 0 Å². The Kier molecular flexibility index (Phi) is 3.83. The first kappa shape index (κ1) is 14.6. The Balaban J connectivity index is 2.62. The van der Waals surface area contributed by atoms with Gasteiger partial charge in [0.2, 0.25) is 0 Å². The van der Waals surface area contributed by atoms with Crippen molar-refractivity contribution in [2.45, 2.75) is 0 Å². The molecule has 0 N–H and O–H groups in total. The summed E-state index contributed by atoms with van der Waals surface area (Å²) in [6, 6.07) is 4.33. The van der Waals surface area contributed by atoms with E-state index in [2.05, 4.69) is 0 Å². The van der Waals surface area contributed by atoms with E-state index in [4.69, 9.17) is 23.2 Å². The Morgan fingerprint density at radius 2 is 1.75 bits per heavy atom. The Bertz CT molecular complexity index is 821. The molecule has 0 radical (unpaired) electrons. The lowest BCUT2D eigenvalue weighted by molar-refractivity contribution is 0.103. The van der Waals surface area contributed by atoms with Gasteiger partial charge < -0.3 is 4.57 Å². The van der Waals surface area contributed by atoms with E-state index >= 15 is 0 Å². The van der Waals surface area contributed by atoms with Crippen molar-refractivity contribution in [3.8, 4) is 0 Å². The average molecular weight is 313 g/mol. The zero-order chi connectivity index (χ0) is 15.0. The number of aromatic nitrogens is 2. The van der Waals surface area contributed by atoms with Crippen molar-refractivity contribution in [3.63, 3.8) is 0 Å².